The lowest BCUT2D eigenvalue weighted by atomic mass is 10.0. The van der Waals surface area contributed by atoms with Crippen LogP contribution < -0.4 is 5.32 Å². The second-order valence-electron chi connectivity index (χ2n) is 9.14. The normalized spacial score (nSPS) is 15.9. The molecule has 0 radical (unpaired) electrons. The minimum Gasteiger partial charge on any atom is -0.447 e. The van der Waals surface area contributed by atoms with Gasteiger partial charge in [-0.15, -0.1) is 0 Å². The lowest BCUT2D eigenvalue weighted by Crippen LogP contribution is -2.32. The maximum Gasteiger partial charge on any atom is 0.273 e. The van der Waals surface area contributed by atoms with Crippen molar-refractivity contribution >= 4 is 5.91 Å². The van der Waals surface area contributed by atoms with Gasteiger partial charge in [0.2, 0.25) is 5.89 Å². The predicted molar refractivity (Wildman–Crippen MR) is 128 cm³/mol. The molecule has 180 valence electrons. The third-order valence-electron chi connectivity index (χ3n) is 6.03. The maximum absolute atomic E-state index is 13.4. The number of hydrogen-bond donors (Lipinski definition) is 1. The van der Waals surface area contributed by atoms with Gasteiger partial charge in [-0.3, -0.25) is 9.69 Å². The van der Waals surface area contributed by atoms with Crippen molar-refractivity contribution in [1.82, 2.24) is 15.2 Å². The van der Waals surface area contributed by atoms with Crippen molar-refractivity contribution in [3.05, 3.63) is 88.9 Å². The van der Waals surface area contributed by atoms with Crippen LogP contribution in [0.2, 0.25) is 0 Å². The molecule has 0 unspecified atom stereocenters. The Bertz CT molecular complexity index is 1060. The van der Waals surface area contributed by atoms with E-state index in [0.29, 0.717) is 38.0 Å². The minimum atomic E-state index is -0.264. The molecule has 1 amide bonds. The van der Waals surface area contributed by atoms with E-state index < -0.39 is 0 Å². The summed E-state index contributed by atoms with van der Waals surface area (Å²) in [5, 5.41) is 2.87. The van der Waals surface area contributed by atoms with Gasteiger partial charge in [-0.2, -0.15) is 0 Å². The van der Waals surface area contributed by atoms with Crippen LogP contribution in [0.1, 0.15) is 65.7 Å². The molecule has 0 bridgehead atoms. The van der Waals surface area contributed by atoms with Gasteiger partial charge >= 0.3 is 0 Å². The molecule has 7 heteroatoms. The number of carbonyl (C=O) groups excluding carboxylic acids is 1. The summed E-state index contributed by atoms with van der Waals surface area (Å²) in [4.78, 5) is 19.0. The Morgan fingerprint density at radius 2 is 1.76 bits per heavy atom. The molecule has 1 fully saturated rings. The molecular weight excluding hydrogens is 433 g/mol. The van der Waals surface area contributed by atoms with E-state index in [-0.39, 0.29) is 23.5 Å². The lowest BCUT2D eigenvalue weighted by Gasteiger charge is -2.21. The van der Waals surface area contributed by atoms with Gasteiger partial charge in [0.1, 0.15) is 12.1 Å². The van der Waals surface area contributed by atoms with Crippen LogP contribution in [0, 0.1) is 5.82 Å². The summed E-state index contributed by atoms with van der Waals surface area (Å²) in [6.07, 6.45) is 3.45. The van der Waals surface area contributed by atoms with Crippen LogP contribution in [0.4, 0.5) is 4.39 Å². The standard InChI is InChI=1S/C27H32FN3O3/c1-19(2)22-9-5-20(6-10-22)15-31(16-21-7-11-23(28)12-8-21)17-26-30-25(18-34-26)27(32)29-14-24-4-3-13-33-24/h5-12,18-19,24H,3-4,13-17H2,1-2H3,(H,29,32)/t24-/m1/s1. The molecule has 1 N–H and O–H groups in total. The molecule has 6 nitrogen and oxygen atoms in total. The second-order valence-corrected chi connectivity index (χ2v) is 9.14. The van der Waals surface area contributed by atoms with E-state index in [1.54, 1.807) is 12.1 Å². The van der Waals surface area contributed by atoms with E-state index >= 15 is 0 Å². The monoisotopic (exact) mass is 465 g/mol. The first kappa shape index (κ1) is 24.1. The van der Waals surface area contributed by atoms with Gasteiger partial charge in [-0.1, -0.05) is 50.2 Å². The topological polar surface area (TPSA) is 67.6 Å². The number of ether oxygens (including phenoxy) is 1. The Kier molecular flexibility index (Phi) is 8.08. The number of aromatic nitrogens is 1. The third kappa shape index (κ3) is 6.74. The number of nitrogens with zero attached hydrogens (tertiary/aromatic N) is 2. The SMILES string of the molecule is CC(C)c1ccc(CN(Cc2ccc(F)cc2)Cc2nc(C(=O)NC[C@H]3CCCO3)co2)cc1. The highest BCUT2D eigenvalue weighted by atomic mass is 19.1. The smallest absolute Gasteiger partial charge is 0.273 e. The van der Waals surface area contributed by atoms with Gasteiger partial charge < -0.3 is 14.5 Å². The van der Waals surface area contributed by atoms with E-state index in [1.807, 2.05) is 0 Å². The molecule has 0 aliphatic carbocycles. The van der Waals surface area contributed by atoms with Crippen LogP contribution >= 0.6 is 0 Å². The van der Waals surface area contributed by atoms with E-state index in [4.69, 9.17) is 9.15 Å². The predicted octanol–water partition coefficient (Wildman–Crippen LogP) is 5.05. The highest BCUT2D eigenvalue weighted by Crippen LogP contribution is 2.18. The summed E-state index contributed by atoms with van der Waals surface area (Å²) in [5.41, 5.74) is 3.70. The Balaban J connectivity index is 1.42. The molecule has 0 saturated carbocycles. The third-order valence-corrected chi connectivity index (χ3v) is 6.03. The molecule has 1 aliphatic heterocycles. The highest BCUT2D eigenvalue weighted by molar-refractivity contribution is 5.91. The van der Waals surface area contributed by atoms with Crippen molar-refractivity contribution in [2.45, 2.75) is 58.3 Å². The number of benzene rings is 2. The van der Waals surface area contributed by atoms with Crippen LogP contribution in [0.3, 0.4) is 0 Å². The zero-order valence-electron chi connectivity index (χ0n) is 19.8. The first-order chi connectivity index (χ1) is 16.5. The van der Waals surface area contributed by atoms with Gasteiger partial charge in [-0.25, -0.2) is 9.37 Å². The number of oxazole rings is 1. The zero-order valence-corrected chi connectivity index (χ0v) is 19.8. The average Bonchev–Trinajstić information content (AvgIpc) is 3.52. The summed E-state index contributed by atoms with van der Waals surface area (Å²) in [6, 6.07) is 15.1. The molecule has 2 aromatic carbocycles. The van der Waals surface area contributed by atoms with Crippen molar-refractivity contribution in [3.8, 4) is 0 Å². The summed E-state index contributed by atoms with van der Waals surface area (Å²) in [6.45, 7) is 7.25. The Morgan fingerprint density at radius 1 is 1.09 bits per heavy atom. The molecule has 34 heavy (non-hydrogen) atoms. The van der Waals surface area contributed by atoms with Gasteiger partial charge in [0, 0.05) is 26.2 Å². The Hall–Kier alpha value is -3.03. The number of rotatable bonds is 10. The van der Waals surface area contributed by atoms with E-state index in [1.165, 1.54) is 24.0 Å². The first-order valence-corrected chi connectivity index (χ1v) is 11.9. The molecule has 1 saturated heterocycles. The van der Waals surface area contributed by atoms with Gasteiger partial charge in [0.25, 0.3) is 5.91 Å². The minimum absolute atomic E-state index is 0.0728. The van der Waals surface area contributed by atoms with E-state index in [9.17, 15) is 9.18 Å². The van der Waals surface area contributed by atoms with E-state index in [0.717, 1.165) is 30.6 Å². The average molecular weight is 466 g/mol. The van der Waals surface area contributed by atoms with Crippen LogP contribution in [-0.4, -0.2) is 35.0 Å². The lowest BCUT2D eigenvalue weighted by molar-refractivity contribution is 0.0853. The molecule has 4 rings (SSSR count). The molecule has 0 spiro atoms. The number of carbonyl (C=O) groups is 1. The van der Waals surface area contributed by atoms with Crippen molar-refractivity contribution < 1.29 is 18.3 Å². The maximum atomic E-state index is 13.4. The Labute approximate surface area is 200 Å². The molecular formula is C27H32FN3O3. The molecule has 1 atom stereocenters. The van der Waals surface area contributed by atoms with Gasteiger partial charge in [0.05, 0.1) is 12.6 Å². The van der Waals surface area contributed by atoms with Crippen LogP contribution in [0.25, 0.3) is 0 Å². The first-order valence-electron chi connectivity index (χ1n) is 11.9. The highest BCUT2D eigenvalue weighted by Gasteiger charge is 2.19. The van der Waals surface area contributed by atoms with Crippen LogP contribution in [-0.2, 0) is 24.4 Å². The molecule has 3 aromatic rings. The second kappa shape index (κ2) is 11.4. The zero-order chi connectivity index (χ0) is 23.9. The number of halogens is 1. The largest absolute Gasteiger partial charge is 0.447 e. The summed E-state index contributed by atoms with van der Waals surface area (Å²) >= 11 is 0. The summed E-state index contributed by atoms with van der Waals surface area (Å²) < 4.78 is 24.6. The molecule has 1 aliphatic rings. The quantitative estimate of drug-likeness (QED) is 0.454. The van der Waals surface area contributed by atoms with Crippen molar-refractivity contribution in [2.75, 3.05) is 13.2 Å². The number of nitrogens with one attached hydrogen (secondary N) is 1. The molecule has 2 heterocycles. The van der Waals surface area contributed by atoms with Crippen molar-refractivity contribution in [2.24, 2.45) is 0 Å². The fourth-order valence-corrected chi connectivity index (χ4v) is 4.06. The van der Waals surface area contributed by atoms with E-state index in [2.05, 4.69) is 53.3 Å². The number of amides is 1. The van der Waals surface area contributed by atoms with Crippen LogP contribution in [0.5, 0.6) is 0 Å². The fraction of sp³-hybridized carbons (Fsp3) is 0.407. The van der Waals surface area contributed by atoms with Crippen molar-refractivity contribution in [3.63, 3.8) is 0 Å². The summed E-state index contributed by atoms with van der Waals surface area (Å²) in [5.74, 6) is 0.412. The number of hydrogen-bond acceptors (Lipinski definition) is 5. The Morgan fingerprint density at radius 3 is 2.38 bits per heavy atom. The van der Waals surface area contributed by atoms with Gasteiger partial charge in [0.15, 0.2) is 5.69 Å². The molecule has 1 aromatic heterocycles. The van der Waals surface area contributed by atoms with Crippen molar-refractivity contribution in [1.29, 1.82) is 0 Å². The summed E-state index contributed by atoms with van der Waals surface area (Å²) in [7, 11) is 0. The fourth-order valence-electron chi connectivity index (χ4n) is 4.06. The van der Waals surface area contributed by atoms with Gasteiger partial charge in [-0.05, 0) is 47.6 Å². The van der Waals surface area contributed by atoms with Crippen LogP contribution in [0.15, 0.2) is 59.2 Å².